The Morgan fingerprint density at radius 2 is 1.76 bits per heavy atom. The molecule has 33 heavy (non-hydrogen) atoms. The predicted molar refractivity (Wildman–Crippen MR) is 133 cm³/mol. The summed E-state index contributed by atoms with van der Waals surface area (Å²) in [6, 6.07) is 19.7. The van der Waals surface area contributed by atoms with Gasteiger partial charge in [-0.3, -0.25) is 9.10 Å². The second-order valence-corrected chi connectivity index (χ2v) is 10.1. The number of benzene rings is 3. The molecule has 0 aromatic heterocycles. The SMILES string of the molecule is Cc1cccc(N(Cc2ccc(C(=O)NCCOc3ccc(C)c(Cl)c3)cc2)S(C)(=O)=O)c1. The van der Waals surface area contributed by atoms with Gasteiger partial charge in [0.2, 0.25) is 10.0 Å². The molecule has 174 valence electrons. The molecule has 0 aliphatic carbocycles. The molecule has 3 rings (SSSR count). The van der Waals surface area contributed by atoms with Gasteiger partial charge in [-0.2, -0.15) is 0 Å². The minimum Gasteiger partial charge on any atom is -0.492 e. The summed E-state index contributed by atoms with van der Waals surface area (Å²) in [6.45, 7) is 4.65. The molecule has 3 aromatic carbocycles. The molecule has 0 atom stereocenters. The molecule has 1 N–H and O–H groups in total. The van der Waals surface area contributed by atoms with Gasteiger partial charge in [-0.1, -0.05) is 41.9 Å². The van der Waals surface area contributed by atoms with E-state index in [-0.39, 0.29) is 12.5 Å². The van der Waals surface area contributed by atoms with Gasteiger partial charge in [0, 0.05) is 10.6 Å². The summed E-state index contributed by atoms with van der Waals surface area (Å²) in [5.74, 6) is 0.416. The van der Waals surface area contributed by atoms with Crippen molar-refractivity contribution in [1.82, 2.24) is 5.32 Å². The fourth-order valence-corrected chi connectivity index (χ4v) is 4.26. The van der Waals surface area contributed by atoms with Crippen LogP contribution < -0.4 is 14.4 Å². The summed E-state index contributed by atoms with van der Waals surface area (Å²) in [5, 5.41) is 3.44. The molecule has 0 radical (unpaired) electrons. The highest BCUT2D eigenvalue weighted by molar-refractivity contribution is 7.92. The third kappa shape index (κ3) is 6.97. The third-order valence-corrected chi connectivity index (χ3v) is 6.58. The van der Waals surface area contributed by atoms with E-state index in [0.29, 0.717) is 35.2 Å². The number of hydrogen-bond acceptors (Lipinski definition) is 4. The summed E-state index contributed by atoms with van der Waals surface area (Å²) in [5.41, 5.74) is 3.81. The predicted octanol–water partition coefficient (Wildman–Crippen LogP) is 4.73. The Kier molecular flexibility index (Phi) is 8.00. The second-order valence-electron chi connectivity index (χ2n) is 7.82. The molecule has 0 unspecified atom stereocenters. The van der Waals surface area contributed by atoms with Crippen LogP contribution in [-0.2, 0) is 16.6 Å². The van der Waals surface area contributed by atoms with Crippen LogP contribution in [0.5, 0.6) is 5.75 Å². The Balaban J connectivity index is 1.57. The average molecular weight is 487 g/mol. The molecule has 0 spiro atoms. The molecule has 0 saturated carbocycles. The normalized spacial score (nSPS) is 11.2. The molecule has 1 amide bonds. The van der Waals surface area contributed by atoms with E-state index in [2.05, 4.69) is 5.32 Å². The number of rotatable bonds is 9. The van der Waals surface area contributed by atoms with Crippen molar-refractivity contribution >= 4 is 33.2 Å². The number of hydrogen-bond donors (Lipinski definition) is 1. The standard InChI is InChI=1S/C25H27ClN2O4S/c1-18-5-4-6-22(15-18)28(33(3,30)31)17-20-8-10-21(11-9-20)25(29)27-13-14-32-23-12-7-19(2)24(26)16-23/h4-12,15-16H,13-14,17H2,1-3H3,(H,27,29). The van der Waals surface area contributed by atoms with Gasteiger partial charge in [-0.25, -0.2) is 8.42 Å². The first-order valence-electron chi connectivity index (χ1n) is 10.4. The number of anilines is 1. The number of carbonyl (C=O) groups excluding carboxylic acids is 1. The van der Waals surface area contributed by atoms with Gasteiger partial charge in [-0.15, -0.1) is 0 Å². The lowest BCUT2D eigenvalue weighted by molar-refractivity contribution is 0.0947. The lowest BCUT2D eigenvalue weighted by Crippen LogP contribution is -2.29. The van der Waals surface area contributed by atoms with E-state index in [1.807, 2.05) is 44.2 Å². The zero-order valence-corrected chi connectivity index (χ0v) is 20.4. The topological polar surface area (TPSA) is 75.7 Å². The van der Waals surface area contributed by atoms with Gasteiger partial charge >= 0.3 is 0 Å². The van der Waals surface area contributed by atoms with E-state index in [4.69, 9.17) is 16.3 Å². The molecule has 0 saturated heterocycles. The molecule has 3 aromatic rings. The molecule has 0 aliphatic rings. The van der Waals surface area contributed by atoms with Crippen LogP contribution in [0.1, 0.15) is 27.0 Å². The van der Waals surface area contributed by atoms with E-state index >= 15 is 0 Å². The first-order chi connectivity index (χ1) is 15.6. The highest BCUT2D eigenvalue weighted by atomic mass is 35.5. The maximum absolute atomic E-state index is 12.4. The number of aryl methyl sites for hydroxylation is 2. The van der Waals surface area contributed by atoms with E-state index in [9.17, 15) is 13.2 Å². The minimum atomic E-state index is -3.47. The Morgan fingerprint density at radius 3 is 2.39 bits per heavy atom. The molecule has 0 fully saturated rings. The van der Waals surface area contributed by atoms with Crippen LogP contribution >= 0.6 is 11.6 Å². The molecular weight excluding hydrogens is 460 g/mol. The van der Waals surface area contributed by atoms with Gasteiger partial charge in [0.05, 0.1) is 25.0 Å². The van der Waals surface area contributed by atoms with E-state index in [1.165, 1.54) is 10.6 Å². The highest BCUT2D eigenvalue weighted by Gasteiger charge is 2.18. The van der Waals surface area contributed by atoms with Gasteiger partial charge in [0.15, 0.2) is 0 Å². The maximum atomic E-state index is 12.4. The summed E-state index contributed by atoms with van der Waals surface area (Å²) in [4.78, 5) is 12.4. The summed E-state index contributed by atoms with van der Waals surface area (Å²) >= 11 is 6.08. The van der Waals surface area contributed by atoms with Crippen LogP contribution in [0.4, 0.5) is 5.69 Å². The van der Waals surface area contributed by atoms with Crippen LogP contribution in [0.3, 0.4) is 0 Å². The Hall–Kier alpha value is -3.03. The Morgan fingerprint density at radius 1 is 1.03 bits per heavy atom. The maximum Gasteiger partial charge on any atom is 0.251 e. The van der Waals surface area contributed by atoms with Gasteiger partial charge in [0.25, 0.3) is 5.91 Å². The van der Waals surface area contributed by atoms with E-state index in [1.54, 1.807) is 36.4 Å². The number of sulfonamides is 1. The second kappa shape index (κ2) is 10.7. The van der Waals surface area contributed by atoms with Crippen LogP contribution in [0.15, 0.2) is 66.7 Å². The van der Waals surface area contributed by atoms with Crippen molar-refractivity contribution in [3.05, 3.63) is 94.0 Å². The Bertz CT molecular complexity index is 1230. The van der Waals surface area contributed by atoms with Crippen LogP contribution in [-0.4, -0.2) is 33.7 Å². The van der Waals surface area contributed by atoms with Gasteiger partial charge in [0.1, 0.15) is 12.4 Å². The third-order valence-electron chi connectivity index (χ3n) is 5.03. The average Bonchev–Trinajstić information content (AvgIpc) is 2.77. The number of carbonyl (C=O) groups is 1. The van der Waals surface area contributed by atoms with Crippen molar-refractivity contribution in [1.29, 1.82) is 0 Å². The fraction of sp³-hybridized carbons (Fsp3) is 0.240. The molecule has 8 heteroatoms. The van der Waals surface area contributed by atoms with Crippen LogP contribution in [0, 0.1) is 13.8 Å². The number of nitrogens with one attached hydrogen (secondary N) is 1. The smallest absolute Gasteiger partial charge is 0.251 e. The van der Waals surface area contributed by atoms with Crippen molar-refractivity contribution in [2.24, 2.45) is 0 Å². The zero-order chi connectivity index (χ0) is 24.0. The summed E-state index contributed by atoms with van der Waals surface area (Å²) in [7, 11) is -3.47. The number of halogens is 1. The minimum absolute atomic E-state index is 0.178. The van der Waals surface area contributed by atoms with Crippen molar-refractivity contribution in [3.8, 4) is 5.75 Å². The van der Waals surface area contributed by atoms with E-state index in [0.717, 1.165) is 16.7 Å². The first kappa shape index (κ1) is 24.6. The van der Waals surface area contributed by atoms with Crippen LogP contribution in [0.25, 0.3) is 0 Å². The number of nitrogens with zero attached hydrogens (tertiary/aromatic N) is 1. The molecule has 0 aliphatic heterocycles. The van der Waals surface area contributed by atoms with Gasteiger partial charge in [-0.05, 0) is 66.9 Å². The quantitative estimate of drug-likeness (QED) is 0.443. The molecule has 0 bridgehead atoms. The van der Waals surface area contributed by atoms with Crippen molar-refractivity contribution in [2.75, 3.05) is 23.7 Å². The van der Waals surface area contributed by atoms with Gasteiger partial charge < -0.3 is 10.1 Å². The number of ether oxygens (including phenoxy) is 1. The lowest BCUT2D eigenvalue weighted by Gasteiger charge is -2.23. The van der Waals surface area contributed by atoms with Crippen molar-refractivity contribution < 1.29 is 17.9 Å². The van der Waals surface area contributed by atoms with Crippen LogP contribution in [0.2, 0.25) is 5.02 Å². The molecule has 0 heterocycles. The number of amides is 1. The summed E-state index contributed by atoms with van der Waals surface area (Å²) in [6.07, 6.45) is 1.18. The summed E-state index contributed by atoms with van der Waals surface area (Å²) < 4.78 is 31.7. The highest BCUT2D eigenvalue weighted by Crippen LogP contribution is 2.23. The monoisotopic (exact) mass is 486 g/mol. The molecular formula is C25H27ClN2O4S. The molecule has 6 nitrogen and oxygen atoms in total. The largest absolute Gasteiger partial charge is 0.492 e. The van der Waals surface area contributed by atoms with Crippen molar-refractivity contribution in [2.45, 2.75) is 20.4 Å². The Labute approximate surface area is 200 Å². The first-order valence-corrected chi connectivity index (χ1v) is 12.7. The van der Waals surface area contributed by atoms with Crippen molar-refractivity contribution in [3.63, 3.8) is 0 Å². The zero-order valence-electron chi connectivity index (χ0n) is 18.8. The fourth-order valence-electron chi connectivity index (χ4n) is 3.21. The lowest BCUT2D eigenvalue weighted by atomic mass is 10.1. The van der Waals surface area contributed by atoms with E-state index < -0.39 is 10.0 Å².